The lowest BCUT2D eigenvalue weighted by Gasteiger charge is -2.31. The van der Waals surface area contributed by atoms with E-state index >= 15 is 0 Å². The Labute approximate surface area is 90.1 Å². The van der Waals surface area contributed by atoms with Crippen molar-refractivity contribution >= 4 is 5.78 Å². The Morgan fingerprint density at radius 3 is 2.87 bits per heavy atom. The largest absolute Gasteiger partial charge is 0.402 e. The summed E-state index contributed by atoms with van der Waals surface area (Å²) in [4.78, 5) is 14.0. The smallest absolute Gasteiger partial charge is 0.143 e. The van der Waals surface area contributed by atoms with E-state index in [9.17, 15) is 4.79 Å². The summed E-state index contributed by atoms with van der Waals surface area (Å²) in [6.45, 7) is 4.13. The molecular formula is C11H18N2O2. The number of ether oxygens (including phenoxy) is 1. The molecule has 1 aliphatic heterocycles. The SMILES string of the molecule is NC1=CCCC(=O)[C@@H]1CN1CCOCC1. The maximum atomic E-state index is 11.7. The molecular weight excluding hydrogens is 192 g/mol. The number of nitrogens with zero attached hydrogens (tertiary/aromatic N) is 1. The molecule has 4 heteroatoms. The molecule has 2 rings (SSSR count). The van der Waals surface area contributed by atoms with Gasteiger partial charge in [-0.25, -0.2) is 0 Å². The van der Waals surface area contributed by atoms with Crippen LogP contribution >= 0.6 is 0 Å². The number of hydrogen-bond acceptors (Lipinski definition) is 4. The van der Waals surface area contributed by atoms with E-state index in [1.54, 1.807) is 0 Å². The highest BCUT2D eigenvalue weighted by atomic mass is 16.5. The lowest BCUT2D eigenvalue weighted by Crippen LogP contribution is -2.43. The number of carbonyl (C=O) groups is 1. The summed E-state index contributed by atoms with van der Waals surface area (Å²) in [7, 11) is 0. The monoisotopic (exact) mass is 210 g/mol. The highest BCUT2D eigenvalue weighted by Gasteiger charge is 2.26. The van der Waals surface area contributed by atoms with E-state index in [1.165, 1.54) is 0 Å². The lowest BCUT2D eigenvalue weighted by atomic mass is 9.90. The maximum Gasteiger partial charge on any atom is 0.143 e. The first kappa shape index (κ1) is 10.6. The number of morpholine rings is 1. The molecule has 1 saturated heterocycles. The van der Waals surface area contributed by atoms with Crippen LogP contribution in [-0.2, 0) is 9.53 Å². The standard InChI is InChI=1S/C11H18N2O2/c12-10-2-1-3-11(14)9(10)8-13-4-6-15-7-5-13/h2,9H,1,3-8,12H2/t9-/m1/s1. The molecule has 4 nitrogen and oxygen atoms in total. The number of ketones is 1. The molecule has 84 valence electrons. The van der Waals surface area contributed by atoms with E-state index in [2.05, 4.69) is 4.90 Å². The second-order valence-corrected chi connectivity index (χ2v) is 4.17. The summed E-state index contributed by atoms with van der Waals surface area (Å²) < 4.78 is 5.27. The minimum absolute atomic E-state index is 0.0724. The van der Waals surface area contributed by atoms with Gasteiger partial charge in [0, 0.05) is 31.8 Å². The van der Waals surface area contributed by atoms with Gasteiger partial charge in [-0.15, -0.1) is 0 Å². The van der Waals surface area contributed by atoms with Crippen LogP contribution in [0.25, 0.3) is 0 Å². The first-order chi connectivity index (χ1) is 7.27. The third-order valence-corrected chi connectivity index (χ3v) is 3.11. The fourth-order valence-corrected chi connectivity index (χ4v) is 2.13. The summed E-state index contributed by atoms with van der Waals surface area (Å²) in [5, 5.41) is 0. The molecule has 0 spiro atoms. The van der Waals surface area contributed by atoms with Crippen molar-refractivity contribution in [1.82, 2.24) is 4.90 Å². The van der Waals surface area contributed by atoms with Crippen LogP contribution in [0.3, 0.4) is 0 Å². The Hall–Kier alpha value is -0.870. The highest BCUT2D eigenvalue weighted by Crippen LogP contribution is 2.19. The van der Waals surface area contributed by atoms with Gasteiger partial charge in [0.2, 0.25) is 0 Å². The molecule has 0 bridgehead atoms. The molecule has 2 N–H and O–H groups in total. The van der Waals surface area contributed by atoms with Gasteiger partial charge in [-0.05, 0) is 6.42 Å². The first-order valence-electron chi connectivity index (χ1n) is 5.55. The topological polar surface area (TPSA) is 55.6 Å². The lowest BCUT2D eigenvalue weighted by molar-refractivity contribution is -0.123. The van der Waals surface area contributed by atoms with Crippen molar-refractivity contribution in [1.29, 1.82) is 0 Å². The van der Waals surface area contributed by atoms with Crippen molar-refractivity contribution in [3.8, 4) is 0 Å². The zero-order valence-electron chi connectivity index (χ0n) is 8.95. The zero-order valence-corrected chi connectivity index (χ0v) is 8.95. The number of hydrogen-bond donors (Lipinski definition) is 1. The number of Topliss-reactive ketones (excluding diaryl/α,β-unsaturated/α-hetero) is 1. The Kier molecular flexibility index (Phi) is 3.38. The molecule has 0 aromatic rings. The minimum Gasteiger partial charge on any atom is -0.402 e. The van der Waals surface area contributed by atoms with Gasteiger partial charge in [0.15, 0.2) is 0 Å². The van der Waals surface area contributed by atoms with E-state index in [0.29, 0.717) is 12.2 Å². The van der Waals surface area contributed by atoms with E-state index < -0.39 is 0 Å². The van der Waals surface area contributed by atoms with Crippen LogP contribution in [-0.4, -0.2) is 43.5 Å². The van der Waals surface area contributed by atoms with Gasteiger partial charge >= 0.3 is 0 Å². The molecule has 0 saturated carbocycles. The Morgan fingerprint density at radius 2 is 2.20 bits per heavy atom. The minimum atomic E-state index is -0.0724. The summed E-state index contributed by atoms with van der Waals surface area (Å²) in [5.41, 5.74) is 6.63. The van der Waals surface area contributed by atoms with Crippen molar-refractivity contribution < 1.29 is 9.53 Å². The molecule has 1 fully saturated rings. The van der Waals surface area contributed by atoms with Gasteiger partial charge in [-0.2, -0.15) is 0 Å². The van der Waals surface area contributed by atoms with Crippen molar-refractivity contribution in [2.75, 3.05) is 32.8 Å². The molecule has 0 aromatic heterocycles. The second-order valence-electron chi connectivity index (χ2n) is 4.17. The predicted molar refractivity (Wildman–Crippen MR) is 57.3 cm³/mol. The summed E-state index contributed by atoms with van der Waals surface area (Å²) in [6.07, 6.45) is 3.45. The second kappa shape index (κ2) is 4.77. The van der Waals surface area contributed by atoms with Crippen LogP contribution in [0.4, 0.5) is 0 Å². The Morgan fingerprint density at radius 1 is 1.47 bits per heavy atom. The van der Waals surface area contributed by atoms with Crippen LogP contribution in [0.1, 0.15) is 12.8 Å². The van der Waals surface area contributed by atoms with Crippen LogP contribution in [0.15, 0.2) is 11.8 Å². The summed E-state index contributed by atoms with van der Waals surface area (Å²) >= 11 is 0. The number of nitrogens with two attached hydrogens (primary N) is 1. The molecule has 15 heavy (non-hydrogen) atoms. The van der Waals surface area contributed by atoms with Crippen LogP contribution in [0.5, 0.6) is 0 Å². The van der Waals surface area contributed by atoms with Gasteiger partial charge in [-0.3, -0.25) is 9.69 Å². The number of allylic oxidation sites excluding steroid dienone is 1. The molecule has 1 aliphatic carbocycles. The van der Waals surface area contributed by atoms with Crippen LogP contribution in [0.2, 0.25) is 0 Å². The van der Waals surface area contributed by atoms with Gasteiger partial charge in [-0.1, -0.05) is 6.08 Å². The van der Waals surface area contributed by atoms with Gasteiger partial charge in [0.25, 0.3) is 0 Å². The van der Waals surface area contributed by atoms with Gasteiger partial charge in [0.05, 0.1) is 19.1 Å². The van der Waals surface area contributed by atoms with E-state index in [1.807, 2.05) is 6.08 Å². The predicted octanol–water partition coefficient (Wildman–Crippen LogP) is 0.140. The molecule has 0 aromatic carbocycles. The van der Waals surface area contributed by atoms with Crippen molar-refractivity contribution in [2.45, 2.75) is 12.8 Å². The molecule has 1 heterocycles. The normalized spacial score (nSPS) is 28.9. The van der Waals surface area contributed by atoms with Crippen molar-refractivity contribution in [3.05, 3.63) is 11.8 Å². The summed E-state index contributed by atoms with van der Waals surface area (Å²) in [5.74, 6) is 0.221. The van der Waals surface area contributed by atoms with Crippen molar-refractivity contribution in [3.63, 3.8) is 0 Å². The van der Waals surface area contributed by atoms with Gasteiger partial charge in [0.1, 0.15) is 5.78 Å². The first-order valence-corrected chi connectivity index (χ1v) is 5.55. The Balaban J connectivity index is 1.93. The zero-order chi connectivity index (χ0) is 10.7. The highest BCUT2D eigenvalue weighted by molar-refractivity contribution is 5.85. The third-order valence-electron chi connectivity index (χ3n) is 3.11. The Bertz CT molecular complexity index is 270. The summed E-state index contributed by atoms with van der Waals surface area (Å²) in [6, 6.07) is 0. The average molecular weight is 210 g/mol. The van der Waals surface area contributed by atoms with Crippen LogP contribution < -0.4 is 5.73 Å². The molecule has 0 radical (unpaired) electrons. The fourth-order valence-electron chi connectivity index (χ4n) is 2.13. The quantitative estimate of drug-likeness (QED) is 0.704. The maximum absolute atomic E-state index is 11.7. The van der Waals surface area contributed by atoms with E-state index in [0.717, 1.165) is 45.0 Å². The number of carbonyl (C=O) groups excluding carboxylic acids is 1. The van der Waals surface area contributed by atoms with E-state index in [4.69, 9.17) is 10.5 Å². The molecule has 0 amide bonds. The molecule has 2 aliphatic rings. The fraction of sp³-hybridized carbons (Fsp3) is 0.727. The van der Waals surface area contributed by atoms with Crippen LogP contribution in [0, 0.1) is 5.92 Å². The van der Waals surface area contributed by atoms with E-state index in [-0.39, 0.29) is 5.92 Å². The van der Waals surface area contributed by atoms with Crippen molar-refractivity contribution in [2.24, 2.45) is 11.7 Å². The third kappa shape index (κ3) is 2.58. The van der Waals surface area contributed by atoms with Gasteiger partial charge < -0.3 is 10.5 Å². The molecule has 0 unspecified atom stereocenters. The average Bonchev–Trinajstić information content (AvgIpc) is 2.25. The molecule has 1 atom stereocenters. The number of rotatable bonds is 2.